The molecule has 0 saturated heterocycles. The molecule has 0 unspecified atom stereocenters. The van der Waals surface area contributed by atoms with Gasteiger partial charge in [-0.25, -0.2) is 4.98 Å². The maximum absolute atomic E-state index is 5.19. The van der Waals surface area contributed by atoms with Gasteiger partial charge in [-0.05, 0) is 6.07 Å². The minimum atomic E-state index is 0.683. The molecule has 0 aliphatic carbocycles. The molecule has 2 aromatic rings. The fraction of sp³-hybridized carbons (Fsp3) is 0.333. The summed E-state index contributed by atoms with van der Waals surface area (Å²) in [5.74, 6) is 0.683. The first-order valence-corrected chi connectivity index (χ1v) is 4.03. The molecule has 0 aromatic carbocycles. The van der Waals surface area contributed by atoms with Crippen molar-refractivity contribution in [2.24, 2.45) is 0 Å². The van der Waals surface area contributed by atoms with Gasteiger partial charge in [0.25, 0.3) is 0 Å². The van der Waals surface area contributed by atoms with E-state index in [0.29, 0.717) is 5.89 Å². The Balaban J connectivity index is 0.000000336. The molecule has 2 rings (SSSR count). The molecule has 3 nitrogen and oxygen atoms in total. The third-order valence-electron chi connectivity index (χ3n) is 1.30. The van der Waals surface area contributed by atoms with Crippen molar-refractivity contribution >= 4 is 11.1 Å². The van der Waals surface area contributed by atoms with Crippen molar-refractivity contribution in [1.29, 1.82) is 0 Å². The lowest BCUT2D eigenvalue weighted by Gasteiger charge is -1.79. The van der Waals surface area contributed by atoms with Crippen LogP contribution in [-0.4, -0.2) is 9.97 Å². The summed E-state index contributed by atoms with van der Waals surface area (Å²) in [5.41, 5.74) is 1.62. The van der Waals surface area contributed by atoms with Gasteiger partial charge in [0.1, 0.15) is 5.52 Å². The number of fused-ring (bicyclic) bond motifs is 1. The zero-order valence-electron chi connectivity index (χ0n) is 7.53. The SMILES string of the molecule is CC.Cc1nc2ccncc2o1. The molecule has 0 saturated carbocycles. The van der Waals surface area contributed by atoms with Gasteiger partial charge in [0.05, 0.1) is 6.20 Å². The van der Waals surface area contributed by atoms with Crippen LogP contribution in [0.15, 0.2) is 22.9 Å². The molecule has 0 bridgehead atoms. The summed E-state index contributed by atoms with van der Waals surface area (Å²) in [7, 11) is 0. The van der Waals surface area contributed by atoms with E-state index in [1.807, 2.05) is 26.8 Å². The van der Waals surface area contributed by atoms with E-state index in [1.165, 1.54) is 0 Å². The quantitative estimate of drug-likeness (QED) is 0.600. The standard InChI is InChI=1S/C7H6N2O.C2H6/c1-5-9-6-2-3-8-4-7(6)10-5;1-2/h2-4H,1H3;1-2H3. The highest BCUT2D eigenvalue weighted by molar-refractivity contribution is 5.70. The smallest absolute Gasteiger partial charge is 0.192 e. The van der Waals surface area contributed by atoms with Crippen LogP contribution in [0.1, 0.15) is 19.7 Å². The van der Waals surface area contributed by atoms with E-state index in [1.54, 1.807) is 12.4 Å². The Hall–Kier alpha value is -1.38. The van der Waals surface area contributed by atoms with Gasteiger partial charge >= 0.3 is 0 Å². The first kappa shape index (κ1) is 8.71. The van der Waals surface area contributed by atoms with E-state index in [4.69, 9.17) is 4.42 Å². The molecule has 2 aromatic heterocycles. The molecule has 0 atom stereocenters. The van der Waals surface area contributed by atoms with Gasteiger partial charge in [0.2, 0.25) is 0 Å². The number of aromatic nitrogens is 2. The van der Waals surface area contributed by atoms with E-state index in [0.717, 1.165) is 11.1 Å². The minimum absolute atomic E-state index is 0.683. The van der Waals surface area contributed by atoms with E-state index >= 15 is 0 Å². The first-order valence-electron chi connectivity index (χ1n) is 4.03. The maximum Gasteiger partial charge on any atom is 0.192 e. The zero-order valence-corrected chi connectivity index (χ0v) is 7.53. The van der Waals surface area contributed by atoms with Gasteiger partial charge in [0.15, 0.2) is 11.5 Å². The largest absolute Gasteiger partial charge is 0.439 e. The highest BCUT2D eigenvalue weighted by atomic mass is 16.3. The number of hydrogen-bond acceptors (Lipinski definition) is 3. The third kappa shape index (κ3) is 1.61. The van der Waals surface area contributed by atoms with E-state index in [9.17, 15) is 0 Å². The van der Waals surface area contributed by atoms with Crippen LogP contribution >= 0.6 is 0 Å². The van der Waals surface area contributed by atoms with Gasteiger partial charge in [0, 0.05) is 13.1 Å². The second-order valence-electron chi connectivity index (χ2n) is 2.08. The lowest BCUT2D eigenvalue weighted by Crippen LogP contribution is -1.68. The normalized spacial score (nSPS) is 9.25. The molecule has 0 N–H and O–H groups in total. The fourth-order valence-electron chi connectivity index (χ4n) is 0.895. The van der Waals surface area contributed by atoms with E-state index in [2.05, 4.69) is 9.97 Å². The molecule has 2 heterocycles. The summed E-state index contributed by atoms with van der Waals surface area (Å²) < 4.78 is 5.19. The Morgan fingerprint density at radius 2 is 2.08 bits per heavy atom. The Bertz CT molecular complexity index is 321. The van der Waals surface area contributed by atoms with Crippen molar-refractivity contribution in [3.8, 4) is 0 Å². The molecule has 0 fully saturated rings. The number of rotatable bonds is 0. The van der Waals surface area contributed by atoms with Gasteiger partial charge in [-0.2, -0.15) is 0 Å². The van der Waals surface area contributed by atoms with Crippen LogP contribution in [0.2, 0.25) is 0 Å². The summed E-state index contributed by atoms with van der Waals surface area (Å²) in [6.07, 6.45) is 3.36. The molecule has 12 heavy (non-hydrogen) atoms. The molecule has 64 valence electrons. The molecule has 0 aliphatic rings. The average molecular weight is 164 g/mol. The number of pyridine rings is 1. The summed E-state index contributed by atoms with van der Waals surface area (Å²) in [6, 6.07) is 1.83. The molecule has 0 aliphatic heterocycles. The van der Waals surface area contributed by atoms with Crippen molar-refractivity contribution in [3.63, 3.8) is 0 Å². The first-order chi connectivity index (χ1) is 5.86. The van der Waals surface area contributed by atoms with Gasteiger partial charge in [-0.15, -0.1) is 0 Å². The molecular weight excluding hydrogens is 152 g/mol. The summed E-state index contributed by atoms with van der Waals surface area (Å²) in [4.78, 5) is 8.00. The Morgan fingerprint density at radius 1 is 1.33 bits per heavy atom. The predicted octanol–water partition coefficient (Wildman–Crippen LogP) is 2.56. The lowest BCUT2D eigenvalue weighted by molar-refractivity contribution is 0.560. The lowest BCUT2D eigenvalue weighted by atomic mass is 10.4. The second-order valence-corrected chi connectivity index (χ2v) is 2.08. The monoisotopic (exact) mass is 164 g/mol. The van der Waals surface area contributed by atoms with Crippen LogP contribution in [0.5, 0.6) is 0 Å². The van der Waals surface area contributed by atoms with Crippen LogP contribution in [0, 0.1) is 6.92 Å². The van der Waals surface area contributed by atoms with Crippen LogP contribution in [0.4, 0.5) is 0 Å². The molecule has 0 radical (unpaired) electrons. The van der Waals surface area contributed by atoms with Crippen molar-refractivity contribution < 1.29 is 4.42 Å². The summed E-state index contributed by atoms with van der Waals surface area (Å²) in [5, 5.41) is 0. The zero-order chi connectivity index (χ0) is 8.97. The molecule has 0 spiro atoms. The Labute approximate surface area is 71.4 Å². The maximum atomic E-state index is 5.19. The predicted molar refractivity (Wildman–Crippen MR) is 47.9 cm³/mol. The van der Waals surface area contributed by atoms with E-state index in [-0.39, 0.29) is 0 Å². The third-order valence-corrected chi connectivity index (χ3v) is 1.30. The van der Waals surface area contributed by atoms with Crippen molar-refractivity contribution in [2.75, 3.05) is 0 Å². The number of oxazole rings is 1. The second kappa shape index (κ2) is 3.85. The molecular formula is C9H12N2O. The van der Waals surface area contributed by atoms with Crippen LogP contribution < -0.4 is 0 Å². The topological polar surface area (TPSA) is 38.9 Å². The number of hydrogen-bond donors (Lipinski definition) is 0. The number of nitrogens with zero attached hydrogens (tertiary/aromatic N) is 2. The highest BCUT2D eigenvalue weighted by Gasteiger charge is 1.98. The number of aryl methyl sites for hydroxylation is 1. The Morgan fingerprint density at radius 3 is 2.75 bits per heavy atom. The van der Waals surface area contributed by atoms with Crippen molar-refractivity contribution in [1.82, 2.24) is 9.97 Å². The van der Waals surface area contributed by atoms with Gasteiger partial charge in [-0.3, -0.25) is 4.98 Å². The van der Waals surface area contributed by atoms with Crippen LogP contribution in [-0.2, 0) is 0 Å². The van der Waals surface area contributed by atoms with Crippen molar-refractivity contribution in [3.05, 3.63) is 24.4 Å². The minimum Gasteiger partial charge on any atom is -0.439 e. The van der Waals surface area contributed by atoms with Crippen LogP contribution in [0.25, 0.3) is 11.1 Å². The van der Waals surface area contributed by atoms with Gasteiger partial charge < -0.3 is 4.42 Å². The molecule has 3 heteroatoms. The van der Waals surface area contributed by atoms with Crippen molar-refractivity contribution in [2.45, 2.75) is 20.8 Å². The summed E-state index contributed by atoms with van der Waals surface area (Å²) in [6.45, 7) is 5.82. The fourth-order valence-corrected chi connectivity index (χ4v) is 0.895. The van der Waals surface area contributed by atoms with E-state index < -0.39 is 0 Å². The molecule has 0 amide bonds. The average Bonchev–Trinajstić information content (AvgIpc) is 2.48. The van der Waals surface area contributed by atoms with Crippen LogP contribution in [0.3, 0.4) is 0 Å². The van der Waals surface area contributed by atoms with Gasteiger partial charge in [-0.1, -0.05) is 13.8 Å². The Kier molecular flexibility index (Phi) is 2.80. The highest BCUT2D eigenvalue weighted by Crippen LogP contribution is 2.11. The summed E-state index contributed by atoms with van der Waals surface area (Å²) >= 11 is 0.